The molecule has 40 heavy (non-hydrogen) atoms. The van der Waals surface area contributed by atoms with E-state index in [2.05, 4.69) is 6.58 Å². The molecule has 9 heteroatoms. The van der Waals surface area contributed by atoms with Gasteiger partial charge in [0.25, 0.3) is 0 Å². The average molecular weight is 563 g/mol. The van der Waals surface area contributed by atoms with Gasteiger partial charge in [-0.25, -0.2) is 9.59 Å². The first-order chi connectivity index (χ1) is 19.5. The highest BCUT2D eigenvalue weighted by Gasteiger charge is 2.40. The molecule has 1 aliphatic heterocycles. The number of ether oxygens (including phenoxy) is 3. The van der Waals surface area contributed by atoms with E-state index >= 15 is 0 Å². The van der Waals surface area contributed by atoms with E-state index < -0.39 is 36.4 Å². The molecular weight excluding hydrogens is 532 g/mol. The van der Waals surface area contributed by atoms with Crippen molar-refractivity contribution in [1.29, 1.82) is 0 Å². The Morgan fingerprint density at radius 3 is 2.15 bits per heavy atom. The summed E-state index contributed by atoms with van der Waals surface area (Å²) in [6.07, 6.45) is -0.905. The van der Waals surface area contributed by atoms with E-state index in [1.165, 1.54) is 0 Å². The Kier molecular flexibility index (Phi) is 10.9. The van der Waals surface area contributed by atoms with Crippen LogP contribution in [0.2, 0.25) is 0 Å². The van der Waals surface area contributed by atoms with Gasteiger partial charge in [0.15, 0.2) is 5.75 Å². The molecule has 0 radical (unpaired) electrons. The van der Waals surface area contributed by atoms with E-state index in [1.54, 1.807) is 84.3 Å². The second kappa shape index (κ2) is 15.0. The van der Waals surface area contributed by atoms with Crippen LogP contribution in [0.3, 0.4) is 0 Å². The summed E-state index contributed by atoms with van der Waals surface area (Å²) in [5.41, 5.74) is 1.30. The lowest BCUT2D eigenvalue weighted by molar-refractivity contribution is -0.0765. The van der Waals surface area contributed by atoms with Crippen molar-refractivity contribution in [2.45, 2.75) is 37.3 Å². The van der Waals surface area contributed by atoms with Crippen molar-refractivity contribution in [3.8, 4) is 5.75 Å². The molecule has 4 atom stereocenters. The SMILES string of the molecule is C=CC[C@@H]1O[C@H](C[C@@H](COC(=O)c2ccccc2)OC(=O)c2ccccc2)[C@H](O)C1=CSOOc1ccccc1. The van der Waals surface area contributed by atoms with Gasteiger partial charge in [-0.05, 0) is 48.4 Å². The Hall–Kier alpha value is -3.89. The van der Waals surface area contributed by atoms with Crippen molar-refractivity contribution in [3.63, 3.8) is 0 Å². The number of aliphatic hydroxyl groups excluding tert-OH is 1. The van der Waals surface area contributed by atoms with Gasteiger partial charge in [-0.1, -0.05) is 60.7 Å². The third-order valence-corrected chi connectivity index (χ3v) is 6.59. The van der Waals surface area contributed by atoms with Crippen molar-refractivity contribution in [3.05, 3.63) is 126 Å². The number of para-hydroxylation sites is 1. The molecule has 0 bridgehead atoms. The molecule has 3 aromatic carbocycles. The molecule has 1 N–H and O–H groups in total. The summed E-state index contributed by atoms with van der Waals surface area (Å²) < 4.78 is 22.5. The highest BCUT2D eigenvalue weighted by atomic mass is 32.2. The molecular formula is C31H30O8S. The van der Waals surface area contributed by atoms with E-state index in [9.17, 15) is 14.7 Å². The predicted octanol–water partition coefficient (Wildman–Crippen LogP) is 5.71. The highest BCUT2D eigenvalue weighted by Crippen LogP contribution is 2.34. The molecule has 0 aliphatic carbocycles. The van der Waals surface area contributed by atoms with Crippen molar-refractivity contribution in [2.24, 2.45) is 0 Å². The monoisotopic (exact) mass is 562 g/mol. The standard InChI is InChI=1S/C31H30O8S/c1-2-12-27-26(21-40-39-38-24-17-10-5-11-18-24)29(32)28(37-27)19-25(36-31(34)23-15-8-4-9-16-23)20-35-30(33)22-13-6-3-7-14-22/h2-11,13-18,21,25,27-29,32H,1,12,19-20H2/t25-,27-,28+,29+/m0/s1. The first-order valence-electron chi connectivity index (χ1n) is 12.7. The quantitative estimate of drug-likeness (QED) is 0.0701. The molecule has 0 spiro atoms. The number of esters is 2. The van der Waals surface area contributed by atoms with Crippen LogP contribution < -0.4 is 4.89 Å². The number of rotatable bonds is 13. The lowest BCUT2D eigenvalue weighted by Crippen LogP contribution is -2.33. The summed E-state index contributed by atoms with van der Waals surface area (Å²) >= 11 is 0.906. The van der Waals surface area contributed by atoms with Crippen molar-refractivity contribution >= 4 is 24.0 Å². The molecule has 208 valence electrons. The molecule has 0 aromatic heterocycles. The van der Waals surface area contributed by atoms with Crippen LogP contribution in [0.1, 0.15) is 33.6 Å². The van der Waals surface area contributed by atoms with Crippen LogP contribution in [0.5, 0.6) is 5.75 Å². The molecule has 1 heterocycles. The Bertz CT molecular complexity index is 1270. The number of hydrogen-bond acceptors (Lipinski definition) is 9. The first-order valence-corrected chi connectivity index (χ1v) is 13.5. The van der Waals surface area contributed by atoms with Crippen LogP contribution in [0, 0.1) is 0 Å². The van der Waals surface area contributed by atoms with E-state index in [0.717, 1.165) is 12.0 Å². The zero-order valence-corrected chi connectivity index (χ0v) is 22.5. The van der Waals surface area contributed by atoms with Crippen LogP contribution in [0.25, 0.3) is 0 Å². The third kappa shape index (κ3) is 8.30. The summed E-state index contributed by atoms with van der Waals surface area (Å²) in [5, 5.41) is 12.8. The Balaban J connectivity index is 1.43. The van der Waals surface area contributed by atoms with Gasteiger partial charge in [-0.2, -0.15) is 0 Å². The second-order valence-electron chi connectivity index (χ2n) is 8.90. The molecule has 3 aromatic rings. The third-order valence-electron chi connectivity index (χ3n) is 6.07. The summed E-state index contributed by atoms with van der Waals surface area (Å²) in [6, 6.07) is 26.0. The molecule has 0 amide bonds. The Labute approximate surface area is 237 Å². The lowest BCUT2D eigenvalue weighted by Gasteiger charge is -2.22. The fourth-order valence-electron chi connectivity index (χ4n) is 4.08. The van der Waals surface area contributed by atoms with Gasteiger partial charge >= 0.3 is 11.9 Å². The minimum atomic E-state index is -1.03. The van der Waals surface area contributed by atoms with Crippen molar-refractivity contribution in [1.82, 2.24) is 0 Å². The van der Waals surface area contributed by atoms with Gasteiger partial charge in [0.1, 0.15) is 18.8 Å². The van der Waals surface area contributed by atoms with Gasteiger partial charge in [0, 0.05) is 11.8 Å². The van der Waals surface area contributed by atoms with Gasteiger partial charge in [-0.3, -0.25) is 0 Å². The maximum Gasteiger partial charge on any atom is 0.338 e. The van der Waals surface area contributed by atoms with Gasteiger partial charge in [0.2, 0.25) is 0 Å². The number of hydrogen-bond donors (Lipinski definition) is 1. The van der Waals surface area contributed by atoms with Crippen LogP contribution in [0.4, 0.5) is 0 Å². The van der Waals surface area contributed by atoms with Crippen molar-refractivity contribution < 1.29 is 38.1 Å². The summed E-state index contributed by atoms with van der Waals surface area (Å²) in [5.74, 6) is -0.592. The summed E-state index contributed by atoms with van der Waals surface area (Å²) in [6.45, 7) is 3.56. The fraction of sp³-hybridized carbons (Fsp3) is 0.226. The average Bonchev–Trinajstić information content (AvgIpc) is 3.28. The van der Waals surface area contributed by atoms with Crippen LogP contribution in [-0.2, 0) is 18.5 Å². The number of carbonyl (C=O) groups excluding carboxylic acids is 2. The lowest BCUT2D eigenvalue weighted by atomic mass is 10.0. The number of benzene rings is 3. The minimum absolute atomic E-state index is 0.0822. The smallest absolute Gasteiger partial charge is 0.338 e. The first kappa shape index (κ1) is 29.1. The maximum atomic E-state index is 12.8. The van der Waals surface area contributed by atoms with Crippen LogP contribution in [-0.4, -0.2) is 48.1 Å². The van der Waals surface area contributed by atoms with Crippen LogP contribution >= 0.6 is 12.0 Å². The van der Waals surface area contributed by atoms with Gasteiger partial charge < -0.3 is 24.2 Å². The molecule has 0 unspecified atom stereocenters. The largest absolute Gasteiger partial charge is 0.458 e. The number of aliphatic hydroxyl groups is 1. The van der Waals surface area contributed by atoms with Gasteiger partial charge in [0.05, 0.1) is 35.4 Å². The second-order valence-corrected chi connectivity index (χ2v) is 9.47. The topological polar surface area (TPSA) is 101 Å². The molecule has 1 saturated heterocycles. The zero-order valence-electron chi connectivity index (χ0n) is 21.7. The highest BCUT2D eigenvalue weighted by molar-refractivity contribution is 7.97. The minimum Gasteiger partial charge on any atom is -0.458 e. The Morgan fingerprint density at radius 1 is 0.925 bits per heavy atom. The van der Waals surface area contributed by atoms with E-state index in [4.69, 9.17) is 23.4 Å². The van der Waals surface area contributed by atoms with E-state index in [0.29, 0.717) is 28.9 Å². The Morgan fingerprint density at radius 2 is 1.52 bits per heavy atom. The summed E-state index contributed by atoms with van der Waals surface area (Å²) in [7, 11) is 0. The summed E-state index contributed by atoms with van der Waals surface area (Å²) in [4.78, 5) is 30.6. The predicted molar refractivity (Wildman–Crippen MR) is 150 cm³/mol. The van der Waals surface area contributed by atoms with E-state index in [1.807, 2.05) is 18.2 Å². The van der Waals surface area contributed by atoms with E-state index in [-0.39, 0.29) is 13.0 Å². The van der Waals surface area contributed by atoms with Crippen LogP contribution in [0.15, 0.2) is 115 Å². The molecule has 0 saturated carbocycles. The molecule has 1 fully saturated rings. The molecule has 8 nitrogen and oxygen atoms in total. The van der Waals surface area contributed by atoms with Crippen molar-refractivity contribution in [2.75, 3.05) is 6.61 Å². The normalized spacial score (nSPS) is 20.0. The molecule has 1 aliphatic rings. The number of carbonyl (C=O) groups is 2. The molecule has 4 rings (SSSR count). The fourth-order valence-corrected chi connectivity index (χ4v) is 4.64. The maximum absolute atomic E-state index is 12.8. The zero-order chi connectivity index (χ0) is 28.2. The van der Waals surface area contributed by atoms with Gasteiger partial charge in [-0.15, -0.1) is 10.9 Å².